The SMILES string of the molecule is COCCn1c(SCC(=O)Nc2ccnn2C2CCCC2)nc2sc3c(c2c1=O)CCC3. The van der Waals surface area contributed by atoms with Gasteiger partial charge in [0.2, 0.25) is 5.91 Å². The third kappa shape index (κ3) is 4.11. The van der Waals surface area contributed by atoms with Crippen molar-refractivity contribution in [2.24, 2.45) is 0 Å². The Morgan fingerprint density at radius 3 is 2.97 bits per heavy atom. The molecule has 3 heterocycles. The van der Waals surface area contributed by atoms with Gasteiger partial charge in [0.15, 0.2) is 5.16 Å². The first kappa shape index (κ1) is 21.7. The van der Waals surface area contributed by atoms with Gasteiger partial charge in [0, 0.05) is 18.1 Å². The van der Waals surface area contributed by atoms with Crippen molar-refractivity contribution < 1.29 is 9.53 Å². The first-order chi connectivity index (χ1) is 15.7. The fraction of sp³-hybridized carbons (Fsp3) is 0.545. The molecule has 0 unspecified atom stereocenters. The van der Waals surface area contributed by atoms with Gasteiger partial charge in [-0.25, -0.2) is 9.67 Å². The van der Waals surface area contributed by atoms with E-state index < -0.39 is 0 Å². The fourth-order valence-corrected chi connectivity index (χ4v) is 6.84. The number of hydrogen-bond acceptors (Lipinski definition) is 7. The smallest absolute Gasteiger partial charge is 0.263 e. The third-order valence-electron chi connectivity index (χ3n) is 6.25. The summed E-state index contributed by atoms with van der Waals surface area (Å²) in [7, 11) is 1.62. The molecule has 1 N–H and O–H groups in total. The summed E-state index contributed by atoms with van der Waals surface area (Å²) in [6, 6.07) is 2.20. The van der Waals surface area contributed by atoms with Gasteiger partial charge >= 0.3 is 0 Å². The summed E-state index contributed by atoms with van der Waals surface area (Å²) < 4.78 is 8.81. The molecule has 1 fully saturated rings. The molecule has 10 heteroatoms. The van der Waals surface area contributed by atoms with Crippen LogP contribution in [0.15, 0.2) is 22.2 Å². The van der Waals surface area contributed by atoms with Crippen LogP contribution in [-0.4, -0.2) is 44.7 Å². The molecule has 0 radical (unpaired) electrons. The van der Waals surface area contributed by atoms with Crippen LogP contribution in [0.25, 0.3) is 10.2 Å². The number of methoxy groups -OCH3 is 1. The van der Waals surface area contributed by atoms with Crippen LogP contribution in [0, 0.1) is 0 Å². The van der Waals surface area contributed by atoms with Crippen LogP contribution in [0.3, 0.4) is 0 Å². The van der Waals surface area contributed by atoms with E-state index in [9.17, 15) is 9.59 Å². The maximum absolute atomic E-state index is 13.3. The molecule has 170 valence electrons. The first-order valence-electron chi connectivity index (χ1n) is 11.2. The van der Waals surface area contributed by atoms with Gasteiger partial charge in [0.05, 0.1) is 36.5 Å². The maximum Gasteiger partial charge on any atom is 0.263 e. The highest BCUT2D eigenvalue weighted by molar-refractivity contribution is 7.99. The number of aromatic nitrogens is 4. The maximum atomic E-state index is 13.3. The number of amides is 1. The molecule has 2 aliphatic carbocycles. The van der Waals surface area contributed by atoms with Gasteiger partial charge in [0.1, 0.15) is 10.6 Å². The van der Waals surface area contributed by atoms with Crippen molar-refractivity contribution >= 4 is 45.0 Å². The van der Waals surface area contributed by atoms with E-state index in [-0.39, 0.29) is 17.2 Å². The molecule has 0 saturated heterocycles. The number of ether oxygens (including phenoxy) is 1. The van der Waals surface area contributed by atoms with E-state index >= 15 is 0 Å². The zero-order chi connectivity index (χ0) is 22.1. The Labute approximate surface area is 194 Å². The molecular weight excluding hydrogens is 446 g/mol. The lowest BCUT2D eigenvalue weighted by molar-refractivity contribution is -0.113. The summed E-state index contributed by atoms with van der Waals surface area (Å²) >= 11 is 2.92. The van der Waals surface area contributed by atoms with Gasteiger partial charge in [-0.2, -0.15) is 5.10 Å². The van der Waals surface area contributed by atoms with Gasteiger partial charge in [-0.15, -0.1) is 11.3 Å². The molecule has 0 spiro atoms. The van der Waals surface area contributed by atoms with Crippen LogP contribution in [-0.2, 0) is 28.9 Å². The normalized spacial score (nSPS) is 16.2. The molecule has 0 atom stereocenters. The van der Waals surface area contributed by atoms with Crippen LogP contribution >= 0.6 is 23.1 Å². The van der Waals surface area contributed by atoms with Crippen molar-refractivity contribution in [1.29, 1.82) is 0 Å². The van der Waals surface area contributed by atoms with E-state index in [4.69, 9.17) is 9.72 Å². The van der Waals surface area contributed by atoms with Crippen LogP contribution < -0.4 is 10.9 Å². The molecule has 3 aromatic heterocycles. The molecule has 1 saturated carbocycles. The molecule has 2 aliphatic rings. The zero-order valence-electron chi connectivity index (χ0n) is 18.1. The van der Waals surface area contributed by atoms with Gasteiger partial charge < -0.3 is 10.1 Å². The molecule has 1 amide bonds. The molecule has 0 bridgehead atoms. The van der Waals surface area contributed by atoms with E-state index in [0.717, 1.165) is 48.1 Å². The average Bonchev–Trinajstić information content (AvgIpc) is 3.55. The molecule has 32 heavy (non-hydrogen) atoms. The number of carbonyl (C=O) groups excluding carboxylic acids is 1. The van der Waals surface area contributed by atoms with E-state index in [0.29, 0.717) is 24.3 Å². The van der Waals surface area contributed by atoms with Crippen molar-refractivity contribution in [2.75, 3.05) is 24.8 Å². The van der Waals surface area contributed by atoms with E-state index in [1.165, 1.54) is 35.0 Å². The topological polar surface area (TPSA) is 91.0 Å². The third-order valence-corrected chi connectivity index (χ3v) is 8.41. The standard InChI is InChI=1S/C22H27N5O3S2/c1-30-12-11-26-21(29)19-15-7-4-8-16(15)32-20(19)25-22(26)31-13-18(28)24-17-9-10-23-27(17)14-5-2-3-6-14/h9-10,14H,2-8,11-13H2,1H3,(H,24,28). The lowest BCUT2D eigenvalue weighted by Gasteiger charge is -2.15. The van der Waals surface area contributed by atoms with Crippen LogP contribution in [0.1, 0.15) is 48.6 Å². The Hall–Kier alpha value is -2.17. The van der Waals surface area contributed by atoms with Crippen molar-refractivity contribution in [3.8, 4) is 0 Å². The number of thioether (sulfide) groups is 1. The summed E-state index contributed by atoms with van der Waals surface area (Å²) in [5.41, 5.74) is 1.15. The average molecular weight is 474 g/mol. The highest BCUT2D eigenvalue weighted by Gasteiger charge is 2.24. The number of aryl methyl sites for hydroxylation is 2. The lowest BCUT2D eigenvalue weighted by Crippen LogP contribution is -2.26. The summed E-state index contributed by atoms with van der Waals surface area (Å²) in [4.78, 5) is 32.9. The Balaban J connectivity index is 1.35. The quantitative estimate of drug-likeness (QED) is 0.397. The molecule has 0 aliphatic heterocycles. The van der Waals surface area contributed by atoms with Crippen molar-refractivity contribution in [1.82, 2.24) is 19.3 Å². The number of nitrogens with one attached hydrogen (secondary N) is 1. The highest BCUT2D eigenvalue weighted by Crippen LogP contribution is 2.36. The Bertz CT molecular complexity index is 1190. The largest absolute Gasteiger partial charge is 0.383 e. The fourth-order valence-electron chi connectivity index (χ4n) is 4.71. The minimum absolute atomic E-state index is 0.0198. The monoisotopic (exact) mass is 473 g/mol. The van der Waals surface area contributed by atoms with Gasteiger partial charge in [0.25, 0.3) is 5.56 Å². The second kappa shape index (κ2) is 9.36. The summed E-state index contributed by atoms with van der Waals surface area (Å²) in [6.07, 6.45) is 9.39. The zero-order valence-corrected chi connectivity index (χ0v) is 19.8. The minimum Gasteiger partial charge on any atom is -0.383 e. The molecule has 8 nitrogen and oxygen atoms in total. The van der Waals surface area contributed by atoms with E-state index in [1.807, 2.05) is 10.7 Å². The van der Waals surface area contributed by atoms with Crippen molar-refractivity contribution in [3.05, 3.63) is 33.1 Å². The molecule has 5 rings (SSSR count). The second-order valence-corrected chi connectivity index (χ2v) is 10.3. The summed E-state index contributed by atoms with van der Waals surface area (Å²) in [5.74, 6) is 0.778. The highest BCUT2D eigenvalue weighted by atomic mass is 32.2. The molecular formula is C22H27N5O3S2. The number of fused-ring (bicyclic) bond motifs is 3. The van der Waals surface area contributed by atoms with Crippen LogP contribution in [0.5, 0.6) is 0 Å². The van der Waals surface area contributed by atoms with Gasteiger partial charge in [-0.1, -0.05) is 24.6 Å². The number of anilines is 1. The minimum atomic E-state index is -0.129. The Kier molecular flexibility index (Phi) is 6.34. The lowest BCUT2D eigenvalue weighted by atomic mass is 10.2. The first-order valence-corrected chi connectivity index (χ1v) is 13.0. The molecule has 0 aromatic carbocycles. The van der Waals surface area contributed by atoms with Crippen LogP contribution in [0.2, 0.25) is 0 Å². The predicted molar refractivity (Wildman–Crippen MR) is 127 cm³/mol. The Morgan fingerprint density at radius 1 is 1.31 bits per heavy atom. The van der Waals surface area contributed by atoms with E-state index in [2.05, 4.69) is 10.4 Å². The number of hydrogen-bond donors (Lipinski definition) is 1. The van der Waals surface area contributed by atoms with Gasteiger partial charge in [-0.3, -0.25) is 14.2 Å². The van der Waals surface area contributed by atoms with E-state index in [1.54, 1.807) is 29.2 Å². The van der Waals surface area contributed by atoms with Crippen molar-refractivity contribution in [3.63, 3.8) is 0 Å². The summed E-state index contributed by atoms with van der Waals surface area (Å²) in [6.45, 7) is 0.834. The Morgan fingerprint density at radius 2 is 2.16 bits per heavy atom. The number of thiophene rings is 1. The van der Waals surface area contributed by atoms with Gasteiger partial charge in [-0.05, 0) is 37.7 Å². The van der Waals surface area contributed by atoms with Crippen molar-refractivity contribution in [2.45, 2.75) is 62.7 Å². The second-order valence-electron chi connectivity index (χ2n) is 8.32. The predicted octanol–water partition coefficient (Wildman–Crippen LogP) is 3.64. The number of rotatable bonds is 8. The number of carbonyl (C=O) groups is 1. The molecule has 3 aromatic rings. The van der Waals surface area contributed by atoms with Crippen LogP contribution in [0.4, 0.5) is 5.82 Å². The summed E-state index contributed by atoms with van der Waals surface area (Å²) in [5, 5.41) is 8.72. The number of nitrogens with zero attached hydrogens (tertiary/aromatic N) is 4.